The van der Waals surface area contributed by atoms with Crippen LogP contribution in [-0.4, -0.2) is 15.6 Å². The van der Waals surface area contributed by atoms with Crippen molar-refractivity contribution in [1.82, 2.24) is 9.78 Å². The van der Waals surface area contributed by atoms with E-state index < -0.39 is 5.82 Å². The Kier molecular flexibility index (Phi) is 4.60. The summed E-state index contributed by atoms with van der Waals surface area (Å²) in [6.07, 6.45) is 0.934. The number of halogens is 3. The predicted molar refractivity (Wildman–Crippen MR) is 79.7 cm³/mol. The van der Waals surface area contributed by atoms with Gasteiger partial charge in [0.15, 0.2) is 5.78 Å². The average Bonchev–Trinajstić information content (AvgIpc) is 2.69. The third kappa shape index (κ3) is 2.94. The Morgan fingerprint density at radius 1 is 1.50 bits per heavy atom. The molecule has 0 aliphatic carbocycles. The molecule has 0 N–H and O–H groups in total. The first-order valence-electron chi connectivity index (χ1n) is 6.12. The Labute approximate surface area is 129 Å². The number of benzene rings is 1. The molecule has 2 rings (SSSR count). The molecule has 106 valence electrons. The summed E-state index contributed by atoms with van der Waals surface area (Å²) >= 11 is 9.07. The van der Waals surface area contributed by atoms with Crippen molar-refractivity contribution in [3.8, 4) is 0 Å². The minimum absolute atomic E-state index is 0.0107. The molecule has 0 spiro atoms. The number of Topliss-reactive ketones (excluding diaryl/α,β-unsaturated/α-hetero) is 1. The molecule has 0 aliphatic rings. The van der Waals surface area contributed by atoms with E-state index in [1.165, 1.54) is 12.1 Å². The smallest absolute Gasteiger partial charge is 0.168 e. The van der Waals surface area contributed by atoms with Gasteiger partial charge in [-0.1, -0.05) is 18.5 Å². The second-order valence-electron chi connectivity index (χ2n) is 4.41. The second-order valence-corrected chi connectivity index (χ2v) is 5.61. The van der Waals surface area contributed by atoms with E-state index in [1.807, 2.05) is 6.92 Å². The molecule has 0 fully saturated rings. The molecular weight excluding hydrogens is 347 g/mol. The van der Waals surface area contributed by atoms with Crippen LogP contribution in [0.15, 0.2) is 22.7 Å². The number of nitrogens with zero attached hydrogens (tertiary/aromatic N) is 2. The van der Waals surface area contributed by atoms with Crippen molar-refractivity contribution >= 4 is 33.3 Å². The van der Waals surface area contributed by atoms with Crippen LogP contribution >= 0.6 is 27.5 Å². The highest BCUT2D eigenvalue weighted by molar-refractivity contribution is 9.10. The molecule has 0 saturated carbocycles. The predicted octanol–water partition coefficient (Wildman–Crippen LogP) is 3.96. The summed E-state index contributed by atoms with van der Waals surface area (Å²) in [6, 6.07) is 4.08. The van der Waals surface area contributed by atoms with Gasteiger partial charge in [0.1, 0.15) is 5.82 Å². The van der Waals surface area contributed by atoms with E-state index in [1.54, 1.807) is 11.7 Å². The molecule has 0 unspecified atom stereocenters. The van der Waals surface area contributed by atoms with Crippen molar-refractivity contribution in [3.05, 3.63) is 50.5 Å². The minimum atomic E-state index is -0.587. The van der Waals surface area contributed by atoms with Crippen molar-refractivity contribution in [2.75, 3.05) is 0 Å². The molecule has 0 bridgehead atoms. The van der Waals surface area contributed by atoms with E-state index in [2.05, 4.69) is 21.0 Å². The first-order valence-corrected chi connectivity index (χ1v) is 7.29. The van der Waals surface area contributed by atoms with Gasteiger partial charge in [-0.2, -0.15) is 5.10 Å². The molecule has 0 amide bonds. The molecule has 0 aliphatic heterocycles. The van der Waals surface area contributed by atoms with Gasteiger partial charge in [-0.3, -0.25) is 9.48 Å². The van der Waals surface area contributed by atoms with E-state index in [9.17, 15) is 9.18 Å². The van der Waals surface area contributed by atoms with Gasteiger partial charge in [-0.25, -0.2) is 4.39 Å². The lowest BCUT2D eigenvalue weighted by molar-refractivity contribution is 0.0990. The summed E-state index contributed by atoms with van der Waals surface area (Å²) in [5.41, 5.74) is 1.98. The average molecular weight is 360 g/mol. The van der Waals surface area contributed by atoms with Crippen LogP contribution in [0.25, 0.3) is 0 Å². The van der Waals surface area contributed by atoms with E-state index in [4.69, 9.17) is 11.6 Å². The fraction of sp³-hybridized carbons (Fsp3) is 0.286. The molecule has 1 aromatic carbocycles. The highest BCUT2D eigenvalue weighted by Crippen LogP contribution is 2.23. The summed E-state index contributed by atoms with van der Waals surface area (Å²) in [5.74, 6) is -0.761. The van der Waals surface area contributed by atoms with Crippen LogP contribution in [-0.2, 0) is 19.9 Å². The number of aryl methyl sites for hydroxylation is 2. The van der Waals surface area contributed by atoms with Crippen LogP contribution in [0.5, 0.6) is 0 Å². The fourth-order valence-electron chi connectivity index (χ4n) is 1.94. The van der Waals surface area contributed by atoms with Crippen molar-refractivity contribution < 1.29 is 9.18 Å². The lowest BCUT2D eigenvalue weighted by Gasteiger charge is -2.04. The summed E-state index contributed by atoms with van der Waals surface area (Å²) in [5, 5.41) is 4.34. The largest absolute Gasteiger partial charge is 0.294 e. The molecule has 0 atom stereocenters. The summed E-state index contributed by atoms with van der Waals surface area (Å²) in [6.45, 7) is 1.99. The van der Waals surface area contributed by atoms with E-state index in [0.29, 0.717) is 5.56 Å². The van der Waals surface area contributed by atoms with Crippen LogP contribution in [0.1, 0.15) is 28.7 Å². The molecule has 3 nitrogen and oxygen atoms in total. The topological polar surface area (TPSA) is 34.9 Å². The molecule has 20 heavy (non-hydrogen) atoms. The number of hydrogen-bond donors (Lipinski definition) is 0. The highest BCUT2D eigenvalue weighted by Gasteiger charge is 2.17. The minimum Gasteiger partial charge on any atom is -0.294 e. The standard InChI is InChI=1S/C14H13BrClFN2O/c1-3-11-14(15)12(19(2)18-11)7-13(20)8-4-5-9(16)10(17)6-8/h4-6H,3,7H2,1-2H3. The highest BCUT2D eigenvalue weighted by atomic mass is 79.9. The molecule has 6 heteroatoms. The Hall–Kier alpha value is -1.20. The summed E-state index contributed by atoms with van der Waals surface area (Å²) in [7, 11) is 1.79. The van der Waals surface area contributed by atoms with Crippen LogP contribution in [0.2, 0.25) is 5.02 Å². The fourth-order valence-corrected chi connectivity index (χ4v) is 2.81. The third-order valence-electron chi connectivity index (χ3n) is 3.07. The first kappa shape index (κ1) is 15.2. The Morgan fingerprint density at radius 2 is 2.20 bits per heavy atom. The normalized spacial score (nSPS) is 10.8. The maximum Gasteiger partial charge on any atom is 0.168 e. The molecule has 1 heterocycles. The molecule has 2 aromatic rings. The van der Waals surface area contributed by atoms with E-state index >= 15 is 0 Å². The van der Waals surface area contributed by atoms with Gasteiger partial charge in [0.25, 0.3) is 0 Å². The lowest BCUT2D eigenvalue weighted by atomic mass is 10.1. The number of rotatable bonds is 4. The van der Waals surface area contributed by atoms with E-state index in [0.717, 1.165) is 28.3 Å². The van der Waals surface area contributed by atoms with Gasteiger partial charge in [0, 0.05) is 12.6 Å². The zero-order valence-corrected chi connectivity index (χ0v) is 13.4. The zero-order valence-electron chi connectivity index (χ0n) is 11.1. The number of hydrogen-bond acceptors (Lipinski definition) is 2. The Balaban J connectivity index is 2.28. The number of aromatic nitrogens is 2. The van der Waals surface area contributed by atoms with Crippen LogP contribution in [0, 0.1) is 5.82 Å². The van der Waals surface area contributed by atoms with Crippen LogP contribution < -0.4 is 0 Å². The summed E-state index contributed by atoms with van der Waals surface area (Å²) < 4.78 is 15.9. The van der Waals surface area contributed by atoms with Crippen molar-refractivity contribution in [3.63, 3.8) is 0 Å². The molecular formula is C14H13BrClFN2O. The third-order valence-corrected chi connectivity index (χ3v) is 4.29. The number of carbonyl (C=O) groups excluding carboxylic acids is 1. The molecule has 1 aromatic heterocycles. The Morgan fingerprint density at radius 3 is 2.75 bits per heavy atom. The van der Waals surface area contributed by atoms with Gasteiger partial charge >= 0.3 is 0 Å². The second kappa shape index (κ2) is 6.06. The zero-order chi connectivity index (χ0) is 14.9. The van der Waals surface area contributed by atoms with Crippen LogP contribution in [0.3, 0.4) is 0 Å². The molecule has 0 saturated heterocycles. The lowest BCUT2D eigenvalue weighted by Crippen LogP contribution is -2.08. The number of ketones is 1. The van der Waals surface area contributed by atoms with Gasteiger partial charge in [-0.05, 0) is 40.5 Å². The quantitative estimate of drug-likeness (QED) is 0.774. The summed E-state index contributed by atoms with van der Waals surface area (Å²) in [4.78, 5) is 12.2. The number of carbonyl (C=O) groups is 1. The monoisotopic (exact) mass is 358 g/mol. The van der Waals surface area contributed by atoms with Gasteiger partial charge in [0.2, 0.25) is 0 Å². The van der Waals surface area contributed by atoms with Crippen molar-refractivity contribution in [2.24, 2.45) is 7.05 Å². The van der Waals surface area contributed by atoms with Gasteiger partial charge in [-0.15, -0.1) is 0 Å². The van der Waals surface area contributed by atoms with E-state index in [-0.39, 0.29) is 17.2 Å². The van der Waals surface area contributed by atoms with Gasteiger partial charge < -0.3 is 0 Å². The maximum absolute atomic E-state index is 13.4. The van der Waals surface area contributed by atoms with Crippen molar-refractivity contribution in [2.45, 2.75) is 19.8 Å². The maximum atomic E-state index is 13.4. The SMILES string of the molecule is CCc1nn(C)c(CC(=O)c2ccc(Cl)c(F)c2)c1Br. The molecule has 0 radical (unpaired) electrons. The van der Waals surface area contributed by atoms with Crippen LogP contribution in [0.4, 0.5) is 4.39 Å². The van der Waals surface area contributed by atoms with Crippen molar-refractivity contribution in [1.29, 1.82) is 0 Å². The van der Waals surface area contributed by atoms with Gasteiger partial charge in [0.05, 0.1) is 27.3 Å². The Bertz CT molecular complexity index is 669. The first-order chi connectivity index (χ1) is 9.43.